The number of nitrogens with zero attached hydrogens (tertiary/aromatic N) is 3. The highest BCUT2D eigenvalue weighted by molar-refractivity contribution is 5.37. The summed E-state index contributed by atoms with van der Waals surface area (Å²) in [5.41, 5.74) is 0.832. The first-order valence-electron chi connectivity index (χ1n) is 5.11. The van der Waals surface area contributed by atoms with Gasteiger partial charge in [0, 0.05) is 31.4 Å². The number of benzene rings is 1. The normalized spacial score (nSPS) is 9.94. The van der Waals surface area contributed by atoms with Gasteiger partial charge in [0.25, 0.3) is 0 Å². The molecule has 1 aromatic heterocycles. The van der Waals surface area contributed by atoms with Gasteiger partial charge in [0.1, 0.15) is 11.6 Å². The van der Waals surface area contributed by atoms with Crippen molar-refractivity contribution in [2.75, 3.05) is 5.32 Å². The van der Waals surface area contributed by atoms with Crippen LogP contribution in [0.3, 0.4) is 0 Å². The number of anilines is 1. The molecule has 0 saturated heterocycles. The fraction of sp³-hybridized carbons (Fsp3) is 0.167. The van der Waals surface area contributed by atoms with Crippen LogP contribution in [0.4, 0.5) is 10.2 Å². The molecule has 0 atom stereocenters. The molecule has 0 fully saturated rings. The second-order valence-electron chi connectivity index (χ2n) is 3.65. The van der Waals surface area contributed by atoms with Gasteiger partial charge >= 0.3 is 0 Å². The van der Waals surface area contributed by atoms with Crippen LogP contribution in [0, 0.1) is 17.1 Å². The van der Waals surface area contributed by atoms with Crippen LogP contribution in [0.15, 0.2) is 30.5 Å². The van der Waals surface area contributed by atoms with Gasteiger partial charge < -0.3 is 5.32 Å². The summed E-state index contributed by atoms with van der Waals surface area (Å²) >= 11 is 0. The smallest absolute Gasteiger partial charge is 0.148 e. The monoisotopic (exact) mass is 230 g/mol. The van der Waals surface area contributed by atoms with Crippen LogP contribution in [-0.4, -0.2) is 9.78 Å². The fourth-order valence-electron chi connectivity index (χ4n) is 1.46. The number of rotatable bonds is 3. The number of nitrogens with one attached hydrogen (secondary N) is 1. The number of halogens is 1. The van der Waals surface area contributed by atoms with E-state index in [-0.39, 0.29) is 5.82 Å². The van der Waals surface area contributed by atoms with E-state index < -0.39 is 0 Å². The molecule has 1 heterocycles. The van der Waals surface area contributed by atoms with E-state index in [1.54, 1.807) is 23.0 Å². The first-order chi connectivity index (χ1) is 8.19. The zero-order chi connectivity index (χ0) is 12.3. The molecule has 0 radical (unpaired) electrons. The lowest BCUT2D eigenvalue weighted by Crippen LogP contribution is -2.03. The lowest BCUT2D eigenvalue weighted by molar-refractivity contribution is 0.612. The zero-order valence-electron chi connectivity index (χ0n) is 9.31. The highest BCUT2D eigenvalue weighted by Crippen LogP contribution is 2.12. The minimum absolute atomic E-state index is 0.323. The van der Waals surface area contributed by atoms with E-state index in [2.05, 4.69) is 10.4 Å². The van der Waals surface area contributed by atoms with Gasteiger partial charge in [-0.2, -0.15) is 10.4 Å². The maximum atomic E-state index is 13.5. The molecule has 1 N–H and O–H groups in total. The number of hydrogen-bond donors (Lipinski definition) is 1. The lowest BCUT2D eigenvalue weighted by atomic mass is 10.1. The van der Waals surface area contributed by atoms with Gasteiger partial charge in [0.15, 0.2) is 0 Å². The van der Waals surface area contributed by atoms with E-state index in [0.29, 0.717) is 23.5 Å². The van der Waals surface area contributed by atoms with Gasteiger partial charge in [-0.15, -0.1) is 0 Å². The van der Waals surface area contributed by atoms with E-state index >= 15 is 0 Å². The van der Waals surface area contributed by atoms with Crippen LogP contribution in [-0.2, 0) is 13.6 Å². The third-order valence-electron chi connectivity index (χ3n) is 2.36. The number of hydrogen-bond acceptors (Lipinski definition) is 3. The van der Waals surface area contributed by atoms with E-state index in [9.17, 15) is 4.39 Å². The predicted octanol–water partition coefficient (Wildman–Crippen LogP) is 2.04. The van der Waals surface area contributed by atoms with E-state index in [0.717, 1.165) is 0 Å². The quantitative estimate of drug-likeness (QED) is 0.877. The molecule has 17 heavy (non-hydrogen) atoms. The predicted molar refractivity (Wildman–Crippen MR) is 61.6 cm³/mol. The van der Waals surface area contributed by atoms with Crippen molar-refractivity contribution in [2.24, 2.45) is 7.05 Å². The molecule has 0 spiro atoms. The van der Waals surface area contributed by atoms with Gasteiger partial charge in [-0.05, 0) is 12.1 Å². The first kappa shape index (κ1) is 11.1. The molecule has 2 aromatic rings. The van der Waals surface area contributed by atoms with Crippen molar-refractivity contribution in [3.05, 3.63) is 47.4 Å². The van der Waals surface area contributed by atoms with Crippen LogP contribution in [0.5, 0.6) is 0 Å². The highest BCUT2D eigenvalue weighted by atomic mass is 19.1. The van der Waals surface area contributed by atoms with Gasteiger partial charge in [-0.1, -0.05) is 6.07 Å². The summed E-state index contributed by atoms with van der Waals surface area (Å²) in [6.07, 6.45) is 1.80. The molecule has 4 nitrogen and oxygen atoms in total. The molecule has 0 unspecified atom stereocenters. The summed E-state index contributed by atoms with van der Waals surface area (Å²) in [6.45, 7) is 0.342. The Kier molecular flexibility index (Phi) is 3.06. The second kappa shape index (κ2) is 4.66. The van der Waals surface area contributed by atoms with E-state index in [1.807, 2.05) is 19.2 Å². The minimum Gasteiger partial charge on any atom is -0.364 e. The number of aryl methyl sites for hydroxylation is 1. The molecule has 0 amide bonds. The third-order valence-corrected chi connectivity index (χ3v) is 2.36. The largest absolute Gasteiger partial charge is 0.364 e. The Hall–Kier alpha value is -2.35. The lowest BCUT2D eigenvalue weighted by Gasteiger charge is -2.04. The number of nitriles is 1. The van der Waals surface area contributed by atoms with E-state index in [1.165, 1.54) is 6.07 Å². The standard InChI is InChI=1S/C12H11FN4/c1-17-5-4-12(16-17)15-8-10-3-2-9(7-14)6-11(10)13/h2-6H,8H2,1H3,(H,15,16). The topological polar surface area (TPSA) is 53.6 Å². The summed E-state index contributed by atoms with van der Waals surface area (Å²) in [4.78, 5) is 0. The minimum atomic E-state index is -0.382. The fourth-order valence-corrected chi connectivity index (χ4v) is 1.46. The average molecular weight is 230 g/mol. The van der Waals surface area contributed by atoms with Gasteiger partial charge in [-0.3, -0.25) is 4.68 Å². The summed E-state index contributed by atoms with van der Waals surface area (Å²) < 4.78 is 15.2. The van der Waals surface area contributed by atoms with Gasteiger partial charge in [0.2, 0.25) is 0 Å². The van der Waals surface area contributed by atoms with E-state index in [4.69, 9.17) is 5.26 Å². The van der Waals surface area contributed by atoms with Crippen molar-refractivity contribution in [2.45, 2.75) is 6.54 Å². The molecular formula is C12H11FN4. The van der Waals surface area contributed by atoms with Gasteiger partial charge in [0.05, 0.1) is 11.6 Å². The second-order valence-corrected chi connectivity index (χ2v) is 3.65. The molecule has 86 valence electrons. The highest BCUT2D eigenvalue weighted by Gasteiger charge is 2.04. The maximum absolute atomic E-state index is 13.5. The van der Waals surface area contributed by atoms with Crippen LogP contribution in [0.2, 0.25) is 0 Å². The SMILES string of the molecule is Cn1ccc(NCc2ccc(C#N)cc2F)n1. The Labute approximate surface area is 98.3 Å². The van der Waals surface area contributed by atoms with Crippen molar-refractivity contribution >= 4 is 5.82 Å². The summed E-state index contributed by atoms with van der Waals surface area (Å²) in [5.74, 6) is 0.309. The van der Waals surface area contributed by atoms with Crippen LogP contribution < -0.4 is 5.32 Å². The Morgan fingerprint density at radius 3 is 2.88 bits per heavy atom. The molecule has 1 aromatic carbocycles. The average Bonchev–Trinajstić information content (AvgIpc) is 2.73. The third kappa shape index (κ3) is 2.61. The van der Waals surface area contributed by atoms with Crippen molar-refractivity contribution in [1.82, 2.24) is 9.78 Å². The summed E-state index contributed by atoms with van der Waals surface area (Å²) in [7, 11) is 1.81. The molecule has 0 aliphatic heterocycles. The zero-order valence-corrected chi connectivity index (χ0v) is 9.31. The molecule has 0 aliphatic rings. The Morgan fingerprint density at radius 1 is 1.47 bits per heavy atom. The summed E-state index contributed by atoms with van der Waals surface area (Å²) in [5, 5.41) is 15.7. The van der Waals surface area contributed by atoms with Crippen molar-refractivity contribution < 1.29 is 4.39 Å². The first-order valence-corrected chi connectivity index (χ1v) is 5.11. The van der Waals surface area contributed by atoms with Crippen LogP contribution in [0.1, 0.15) is 11.1 Å². The van der Waals surface area contributed by atoms with Crippen LogP contribution in [0.25, 0.3) is 0 Å². The van der Waals surface area contributed by atoms with Crippen molar-refractivity contribution in [3.63, 3.8) is 0 Å². The molecule has 0 bridgehead atoms. The van der Waals surface area contributed by atoms with Gasteiger partial charge in [-0.25, -0.2) is 4.39 Å². The Bertz CT molecular complexity index is 568. The number of aromatic nitrogens is 2. The maximum Gasteiger partial charge on any atom is 0.148 e. The Morgan fingerprint density at radius 2 is 2.29 bits per heavy atom. The van der Waals surface area contributed by atoms with Crippen molar-refractivity contribution in [3.8, 4) is 6.07 Å². The van der Waals surface area contributed by atoms with Crippen LogP contribution >= 0.6 is 0 Å². The Balaban J connectivity index is 2.07. The molecule has 0 saturated carbocycles. The molecule has 2 rings (SSSR count). The molecule has 5 heteroatoms. The van der Waals surface area contributed by atoms with Crippen molar-refractivity contribution in [1.29, 1.82) is 5.26 Å². The molecular weight excluding hydrogens is 219 g/mol. The molecule has 0 aliphatic carbocycles. The summed E-state index contributed by atoms with van der Waals surface area (Å²) in [6, 6.07) is 8.13.